The van der Waals surface area contributed by atoms with Crippen molar-refractivity contribution in [2.75, 3.05) is 25.0 Å². The number of likely N-dealkylation sites (tertiary alicyclic amines) is 1. The molecule has 2 aliphatic rings. The van der Waals surface area contributed by atoms with Crippen LogP contribution in [0.3, 0.4) is 0 Å². The Hall–Kier alpha value is -4.16. The summed E-state index contributed by atoms with van der Waals surface area (Å²) in [7, 11) is 1.68. The number of anilines is 1. The number of nitrogens with zero attached hydrogens (tertiary/aromatic N) is 3. The van der Waals surface area contributed by atoms with Gasteiger partial charge in [0.1, 0.15) is 23.6 Å². The molecule has 226 valence electrons. The average molecular weight is 593 g/mol. The molecule has 2 heterocycles. The van der Waals surface area contributed by atoms with Crippen LogP contribution < -0.4 is 10.2 Å². The molecule has 2 fully saturated rings. The predicted molar refractivity (Wildman–Crippen MR) is 144 cm³/mol. The van der Waals surface area contributed by atoms with Gasteiger partial charge in [0.25, 0.3) is 5.91 Å². The van der Waals surface area contributed by atoms with E-state index < -0.39 is 58.4 Å². The molecule has 2 aliphatic heterocycles. The van der Waals surface area contributed by atoms with E-state index in [2.05, 4.69) is 5.32 Å². The molecule has 2 saturated heterocycles. The lowest BCUT2D eigenvalue weighted by Gasteiger charge is -2.45. The first-order valence-corrected chi connectivity index (χ1v) is 13.4. The molecule has 2 aromatic rings. The van der Waals surface area contributed by atoms with Crippen LogP contribution >= 0.6 is 0 Å². The van der Waals surface area contributed by atoms with E-state index in [0.29, 0.717) is 23.9 Å². The van der Waals surface area contributed by atoms with Gasteiger partial charge in [-0.3, -0.25) is 14.4 Å². The Morgan fingerprint density at radius 2 is 1.64 bits per heavy atom. The van der Waals surface area contributed by atoms with E-state index in [1.807, 2.05) is 11.8 Å². The average Bonchev–Trinajstić information content (AvgIpc) is 3.11. The molecule has 2 aromatic carbocycles. The van der Waals surface area contributed by atoms with E-state index in [1.54, 1.807) is 37.9 Å². The first-order valence-electron chi connectivity index (χ1n) is 13.4. The number of piperidine rings is 1. The monoisotopic (exact) mass is 592 g/mol. The van der Waals surface area contributed by atoms with Gasteiger partial charge in [-0.05, 0) is 68.1 Å². The summed E-state index contributed by atoms with van der Waals surface area (Å²) in [6, 6.07) is 6.56. The fourth-order valence-electron chi connectivity index (χ4n) is 5.72. The lowest BCUT2D eigenvalue weighted by Crippen LogP contribution is -2.60. The van der Waals surface area contributed by atoms with Crippen molar-refractivity contribution in [2.24, 2.45) is 5.92 Å². The molecule has 2 unspecified atom stereocenters. The van der Waals surface area contributed by atoms with Crippen LogP contribution in [-0.4, -0.2) is 76.5 Å². The van der Waals surface area contributed by atoms with Gasteiger partial charge < -0.3 is 25.1 Å². The lowest BCUT2D eigenvalue weighted by molar-refractivity contribution is -0.140. The summed E-state index contributed by atoms with van der Waals surface area (Å²) < 4.78 is 53.8. The van der Waals surface area contributed by atoms with Crippen LogP contribution in [0.15, 0.2) is 42.5 Å². The number of carboxylic acids is 1. The number of carbonyl (C=O) groups is 4. The number of halogens is 4. The van der Waals surface area contributed by atoms with Crippen LogP contribution in [0.5, 0.6) is 0 Å². The summed E-state index contributed by atoms with van der Waals surface area (Å²) >= 11 is 0. The summed E-state index contributed by atoms with van der Waals surface area (Å²) in [6.07, 6.45) is -4.64. The SMILES string of the molecule is CC(C)C(NC(=O)c1cc(C(F)(F)F)ccc1F)C(=O)N1CCC2(CC1)C(=O)N(C)C(C)N2c1ccc(C(=O)O)cc1. The molecular formula is C29H32F4N4O5. The van der Waals surface area contributed by atoms with Gasteiger partial charge in [-0.2, -0.15) is 13.2 Å². The highest BCUT2D eigenvalue weighted by molar-refractivity contribution is 5.98. The molecule has 0 aromatic heterocycles. The van der Waals surface area contributed by atoms with E-state index >= 15 is 0 Å². The molecule has 0 radical (unpaired) electrons. The minimum Gasteiger partial charge on any atom is -0.478 e. The number of nitrogens with one attached hydrogen (secondary N) is 1. The summed E-state index contributed by atoms with van der Waals surface area (Å²) in [5.41, 5.74) is -2.25. The summed E-state index contributed by atoms with van der Waals surface area (Å²) in [4.78, 5) is 56.3. The Morgan fingerprint density at radius 1 is 1.05 bits per heavy atom. The largest absolute Gasteiger partial charge is 0.478 e. The maximum atomic E-state index is 14.3. The second-order valence-corrected chi connectivity index (χ2v) is 11.0. The Balaban J connectivity index is 1.53. The highest BCUT2D eigenvalue weighted by Gasteiger charge is 2.56. The molecule has 0 saturated carbocycles. The van der Waals surface area contributed by atoms with E-state index in [0.717, 1.165) is 0 Å². The van der Waals surface area contributed by atoms with Crippen LogP contribution in [0.1, 0.15) is 59.9 Å². The first kappa shape index (κ1) is 30.8. The molecule has 4 rings (SSSR count). The number of benzene rings is 2. The lowest BCUT2D eigenvalue weighted by atomic mass is 9.84. The van der Waals surface area contributed by atoms with Crippen molar-refractivity contribution >= 4 is 29.4 Å². The first-order chi connectivity index (χ1) is 19.6. The van der Waals surface area contributed by atoms with Crippen molar-refractivity contribution < 1.29 is 41.8 Å². The van der Waals surface area contributed by atoms with Crippen LogP contribution in [0.4, 0.5) is 23.2 Å². The van der Waals surface area contributed by atoms with Gasteiger partial charge in [0.05, 0.1) is 16.7 Å². The van der Waals surface area contributed by atoms with Gasteiger partial charge in [-0.1, -0.05) is 13.8 Å². The third-order valence-electron chi connectivity index (χ3n) is 8.17. The number of hydrogen-bond donors (Lipinski definition) is 2. The van der Waals surface area contributed by atoms with E-state index in [4.69, 9.17) is 0 Å². The van der Waals surface area contributed by atoms with Gasteiger partial charge in [-0.25, -0.2) is 9.18 Å². The van der Waals surface area contributed by atoms with Crippen molar-refractivity contribution in [3.8, 4) is 0 Å². The van der Waals surface area contributed by atoms with Gasteiger partial charge in [-0.15, -0.1) is 0 Å². The van der Waals surface area contributed by atoms with Crippen molar-refractivity contribution in [3.05, 3.63) is 65.0 Å². The van der Waals surface area contributed by atoms with E-state index in [1.165, 1.54) is 17.0 Å². The zero-order valence-corrected chi connectivity index (χ0v) is 23.5. The molecule has 2 atom stereocenters. The Labute approximate surface area is 240 Å². The number of hydrogen-bond acceptors (Lipinski definition) is 5. The molecule has 0 bridgehead atoms. The van der Waals surface area contributed by atoms with Crippen LogP contribution in [0.25, 0.3) is 0 Å². The highest BCUT2D eigenvalue weighted by atomic mass is 19.4. The summed E-state index contributed by atoms with van der Waals surface area (Å²) in [5.74, 6) is -4.48. The van der Waals surface area contributed by atoms with E-state index in [9.17, 15) is 41.8 Å². The van der Waals surface area contributed by atoms with Crippen LogP contribution in [-0.2, 0) is 15.8 Å². The van der Waals surface area contributed by atoms with Crippen LogP contribution in [0.2, 0.25) is 0 Å². The molecule has 9 nitrogen and oxygen atoms in total. The Bertz CT molecular complexity index is 1390. The molecule has 2 N–H and O–H groups in total. The molecule has 42 heavy (non-hydrogen) atoms. The van der Waals surface area contributed by atoms with Crippen molar-refractivity contribution in [3.63, 3.8) is 0 Å². The van der Waals surface area contributed by atoms with Crippen molar-refractivity contribution in [1.82, 2.24) is 15.1 Å². The minimum absolute atomic E-state index is 0.103. The van der Waals surface area contributed by atoms with Gasteiger partial charge in [0, 0.05) is 25.8 Å². The quantitative estimate of drug-likeness (QED) is 0.492. The van der Waals surface area contributed by atoms with Crippen molar-refractivity contribution in [2.45, 2.75) is 57.5 Å². The standard InChI is InChI=1S/C29H32F4N4O5/c1-16(2)23(34-24(38)21-15-19(29(31,32)33)7-10-22(21)30)25(39)36-13-11-28(12-14-36)27(42)35(4)17(3)37(28)20-8-5-18(6-9-20)26(40)41/h5-10,15-17,23H,11-14H2,1-4H3,(H,34,38)(H,40,41). The van der Waals surface area contributed by atoms with Gasteiger partial charge >= 0.3 is 12.1 Å². The minimum atomic E-state index is -4.78. The molecule has 1 spiro atoms. The zero-order chi connectivity index (χ0) is 31.1. The maximum Gasteiger partial charge on any atom is 0.416 e. The predicted octanol–water partition coefficient (Wildman–Crippen LogP) is 3.98. The molecule has 0 aliphatic carbocycles. The maximum absolute atomic E-state index is 14.3. The number of amides is 3. The topological polar surface area (TPSA) is 110 Å². The smallest absolute Gasteiger partial charge is 0.416 e. The Kier molecular flexibility index (Phi) is 8.25. The molecular weight excluding hydrogens is 560 g/mol. The number of rotatable bonds is 6. The normalized spacial score (nSPS) is 19.4. The fourth-order valence-corrected chi connectivity index (χ4v) is 5.72. The molecule has 13 heteroatoms. The Morgan fingerprint density at radius 3 is 2.17 bits per heavy atom. The zero-order valence-electron chi connectivity index (χ0n) is 23.5. The van der Waals surface area contributed by atoms with Crippen molar-refractivity contribution in [1.29, 1.82) is 0 Å². The number of carbonyl (C=O) groups excluding carboxylic acids is 3. The van der Waals surface area contributed by atoms with E-state index in [-0.39, 0.29) is 43.6 Å². The summed E-state index contributed by atoms with van der Waals surface area (Å²) in [5, 5.41) is 11.7. The van der Waals surface area contributed by atoms with Crippen LogP contribution in [0, 0.1) is 11.7 Å². The summed E-state index contributed by atoms with van der Waals surface area (Å²) in [6.45, 7) is 5.44. The molecule has 3 amide bonds. The number of aromatic carboxylic acids is 1. The number of carboxylic acid groups (broad SMARTS) is 1. The second kappa shape index (κ2) is 11.3. The third-order valence-corrected chi connectivity index (χ3v) is 8.17. The fraction of sp³-hybridized carbons (Fsp3) is 0.448. The number of alkyl halides is 3. The second-order valence-electron chi connectivity index (χ2n) is 11.0. The van der Waals surface area contributed by atoms with Gasteiger partial charge in [0.15, 0.2) is 0 Å². The van der Waals surface area contributed by atoms with Gasteiger partial charge in [0.2, 0.25) is 11.8 Å². The highest BCUT2D eigenvalue weighted by Crippen LogP contribution is 2.42. The number of likely N-dealkylation sites (N-methyl/N-ethyl adjacent to an activating group) is 1. The third kappa shape index (κ3) is 5.51.